The predicted molar refractivity (Wildman–Crippen MR) is 108 cm³/mol. The van der Waals surface area contributed by atoms with E-state index in [2.05, 4.69) is 28.2 Å². The topological polar surface area (TPSA) is 70.7 Å². The van der Waals surface area contributed by atoms with E-state index in [9.17, 15) is 4.79 Å². The van der Waals surface area contributed by atoms with Crippen LogP contribution >= 0.6 is 0 Å². The smallest absolute Gasteiger partial charge is 0.274 e. The van der Waals surface area contributed by atoms with E-state index in [1.165, 1.54) is 5.56 Å². The first kappa shape index (κ1) is 20.2. The zero-order valence-corrected chi connectivity index (χ0v) is 17.2. The largest absolute Gasteiger partial charge is 0.493 e. The molecule has 1 aromatic heterocycles. The summed E-state index contributed by atoms with van der Waals surface area (Å²) in [4.78, 5) is 17.0. The molecule has 1 amide bonds. The molecule has 1 unspecified atom stereocenters. The number of hydrogen-bond acceptors (Lipinski definition) is 5. The van der Waals surface area contributed by atoms with Gasteiger partial charge in [-0.25, -0.2) is 0 Å². The molecule has 7 nitrogen and oxygen atoms in total. The van der Waals surface area contributed by atoms with Gasteiger partial charge in [-0.2, -0.15) is 5.10 Å². The van der Waals surface area contributed by atoms with Crippen LogP contribution in [0.25, 0.3) is 0 Å². The van der Waals surface area contributed by atoms with E-state index in [0.717, 1.165) is 56.1 Å². The molecule has 0 bridgehead atoms. The van der Waals surface area contributed by atoms with Gasteiger partial charge in [-0.1, -0.05) is 6.07 Å². The minimum Gasteiger partial charge on any atom is -0.493 e. The number of likely N-dealkylation sites (tertiary alicyclic amines) is 1. The molecular formula is C21H30N4O3. The third kappa shape index (κ3) is 4.65. The third-order valence-electron chi connectivity index (χ3n) is 5.43. The molecule has 0 saturated carbocycles. The molecule has 3 rings (SSSR count). The summed E-state index contributed by atoms with van der Waals surface area (Å²) < 4.78 is 10.7. The molecule has 0 radical (unpaired) electrons. The lowest BCUT2D eigenvalue weighted by Crippen LogP contribution is -2.49. The van der Waals surface area contributed by atoms with E-state index in [1.807, 2.05) is 30.0 Å². The molecule has 28 heavy (non-hydrogen) atoms. The Kier molecular flexibility index (Phi) is 6.57. The zero-order chi connectivity index (χ0) is 20.1. The third-order valence-corrected chi connectivity index (χ3v) is 5.43. The molecule has 1 fully saturated rings. The number of rotatable bonds is 7. The molecule has 2 aromatic rings. The molecular weight excluding hydrogens is 356 g/mol. The van der Waals surface area contributed by atoms with E-state index in [-0.39, 0.29) is 5.91 Å². The fourth-order valence-electron chi connectivity index (χ4n) is 3.71. The standard InChI is InChI=1S/C21H30N4O3/c1-15-12-18(23-22-15)21(26)25-10-5-6-17(14-25)24(2)11-9-16-7-8-19(27-3)20(13-16)28-4/h7-8,12-13,17H,5-6,9-11,14H2,1-4H3,(H,22,23). The number of methoxy groups -OCH3 is 2. The van der Waals surface area contributed by atoms with Gasteiger partial charge in [0.15, 0.2) is 11.5 Å². The van der Waals surface area contributed by atoms with Crippen molar-refractivity contribution in [1.29, 1.82) is 0 Å². The summed E-state index contributed by atoms with van der Waals surface area (Å²) in [6.07, 6.45) is 3.03. The number of aromatic nitrogens is 2. The van der Waals surface area contributed by atoms with Gasteiger partial charge in [-0.05, 0) is 57.0 Å². The molecule has 1 aromatic carbocycles. The Hall–Kier alpha value is -2.54. The van der Waals surface area contributed by atoms with Crippen LogP contribution in [0.4, 0.5) is 0 Å². The second-order valence-electron chi connectivity index (χ2n) is 7.40. The molecule has 7 heteroatoms. The van der Waals surface area contributed by atoms with Crippen LogP contribution in [0, 0.1) is 6.92 Å². The van der Waals surface area contributed by atoms with Crippen molar-refractivity contribution in [2.24, 2.45) is 0 Å². The molecule has 0 spiro atoms. The maximum atomic E-state index is 12.7. The van der Waals surface area contributed by atoms with Crippen molar-refractivity contribution in [3.8, 4) is 11.5 Å². The Balaban J connectivity index is 1.57. The van der Waals surface area contributed by atoms with Crippen molar-refractivity contribution >= 4 is 5.91 Å². The minimum absolute atomic E-state index is 0.0161. The number of ether oxygens (including phenoxy) is 2. The van der Waals surface area contributed by atoms with Gasteiger partial charge in [0.1, 0.15) is 5.69 Å². The van der Waals surface area contributed by atoms with Crippen LogP contribution in [0.5, 0.6) is 11.5 Å². The molecule has 1 N–H and O–H groups in total. The Morgan fingerprint density at radius 1 is 1.29 bits per heavy atom. The number of amides is 1. The first-order valence-corrected chi connectivity index (χ1v) is 9.74. The normalized spacial score (nSPS) is 17.0. The van der Waals surface area contributed by atoms with Crippen molar-refractivity contribution in [2.75, 3.05) is 40.9 Å². The van der Waals surface area contributed by atoms with Gasteiger partial charge in [0.2, 0.25) is 0 Å². The average molecular weight is 386 g/mol. The highest BCUT2D eigenvalue weighted by Gasteiger charge is 2.27. The van der Waals surface area contributed by atoms with Gasteiger partial charge in [-0.3, -0.25) is 9.89 Å². The number of nitrogens with zero attached hydrogens (tertiary/aromatic N) is 3. The summed E-state index contributed by atoms with van der Waals surface area (Å²) in [5, 5.41) is 6.97. The second-order valence-corrected chi connectivity index (χ2v) is 7.40. The van der Waals surface area contributed by atoms with Crippen LogP contribution in [-0.2, 0) is 6.42 Å². The number of carbonyl (C=O) groups is 1. The van der Waals surface area contributed by atoms with Gasteiger partial charge < -0.3 is 19.3 Å². The maximum absolute atomic E-state index is 12.7. The number of aryl methyl sites for hydroxylation is 1. The Bertz CT molecular complexity index is 805. The van der Waals surface area contributed by atoms with Gasteiger partial charge >= 0.3 is 0 Å². The number of benzene rings is 1. The Labute approximate surface area is 166 Å². The van der Waals surface area contributed by atoms with Crippen molar-refractivity contribution in [3.63, 3.8) is 0 Å². The summed E-state index contributed by atoms with van der Waals surface area (Å²) in [6.45, 7) is 4.37. The highest BCUT2D eigenvalue weighted by molar-refractivity contribution is 5.92. The van der Waals surface area contributed by atoms with E-state index in [4.69, 9.17) is 9.47 Å². The molecule has 1 aliphatic heterocycles. The van der Waals surface area contributed by atoms with Crippen LogP contribution < -0.4 is 9.47 Å². The van der Waals surface area contributed by atoms with Crippen molar-refractivity contribution < 1.29 is 14.3 Å². The summed E-state index contributed by atoms with van der Waals surface area (Å²) in [6, 6.07) is 8.22. The molecule has 1 aliphatic rings. The summed E-state index contributed by atoms with van der Waals surface area (Å²) in [5.74, 6) is 1.52. The lowest BCUT2D eigenvalue weighted by atomic mass is 10.0. The maximum Gasteiger partial charge on any atom is 0.274 e. The quantitative estimate of drug-likeness (QED) is 0.792. The highest BCUT2D eigenvalue weighted by atomic mass is 16.5. The van der Waals surface area contributed by atoms with Crippen molar-refractivity contribution in [1.82, 2.24) is 20.0 Å². The molecule has 2 heterocycles. The average Bonchev–Trinajstić information content (AvgIpc) is 3.17. The lowest BCUT2D eigenvalue weighted by Gasteiger charge is -2.37. The van der Waals surface area contributed by atoms with E-state index >= 15 is 0 Å². The van der Waals surface area contributed by atoms with Crippen LogP contribution in [0.1, 0.15) is 34.6 Å². The van der Waals surface area contributed by atoms with Crippen LogP contribution in [0.2, 0.25) is 0 Å². The molecule has 0 aliphatic carbocycles. The number of hydrogen-bond donors (Lipinski definition) is 1. The summed E-state index contributed by atoms with van der Waals surface area (Å²) in [7, 11) is 5.44. The van der Waals surface area contributed by atoms with Crippen molar-refractivity contribution in [3.05, 3.63) is 41.2 Å². The Morgan fingerprint density at radius 2 is 2.07 bits per heavy atom. The number of H-pyrrole nitrogens is 1. The molecule has 152 valence electrons. The second kappa shape index (κ2) is 9.10. The number of likely N-dealkylation sites (N-methyl/N-ethyl adjacent to an activating group) is 1. The number of nitrogens with one attached hydrogen (secondary N) is 1. The minimum atomic E-state index is 0.0161. The van der Waals surface area contributed by atoms with E-state index in [0.29, 0.717) is 11.7 Å². The van der Waals surface area contributed by atoms with Gasteiger partial charge in [0, 0.05) is 31.4 Å². The number of carbonyl (C=O) groups excluding carboxylic acids is 1. The SMILES string of the molecule is COc1ccc(CCN(C)C2CCCN(C(=O)c3cc(C)[nH]n3)C2)cc1OC. The fraction of sp³-hybridized carbons (Fsp3) is 0.524. The highest BCUT2D eigenvalue weighted by Crippen LogP contribution is 2.28. The molecule has 1 atom stereocenters. The Morgan fingerprint density at radius 3 is 2.75 bits per heavy atom. The van der Waals surface area contributed by atoms with Gasteiger partial charge in [0.25, 0.3) is 5.91 Å². The summed E-state index contributed by atoms with van der Waals surface area (Å²) in [5.41, 5.74) is 2.62. The first-order valence-electron chi connectivity index (χ1n) is 9.74. The fourth-order valence-corrected chi connectivity index (χ4v) is 3.71. The van der Waals surface area contributed by atoms with E-state index < -0.39 is 0 Å². The van der Waals surface area contributed by atoms with E-state index in [1.54, 1.807) is 14.2 Å². The van der Waals surface area contributed by atoms with Crippen molar-refractivity contribution in [2.45, 2.75) is 32.2 Å². The zero-order valence-electron chi connectivity index (χ0n) is 17.2. The lowest BCUT2D eigenvalue weighted by molar-refractivity contribution is 0.0606. The van der Waals surface area contributed by atoms with Crippen LogP contribution in [0.3, 0.4) is 0 Å². The van der Waals surface area contributed by atoms with Gasteiger partial charge in [0.05, 0.1) is 14.2 Å². The van der Waals surface area contributed by atoms with Gasteiger partial charge in [-0.15, -0.1) is 0 Å². The number of piperidine rings is 1. The summed E-state index contributed by atoms with van der Waals surface area (Å²) >= 11 is 0. The van der Waals surface area contributed by atoms with Crippen LogP contribution in [0.15, 0.2) is 24.3 Å². The monoisotopic (exact) mass is 386 g/mol. The van der Waals surface area contributed by atoms with Crippen LogP contribution in [-0.4, -0.2) is 72.8 Å². The first-order chi connectivity index (χ1) is 13.5. The molecule has 1 saturated heterocycles. The predicted octanol–water partition coefficient (Wildman–Crippen LogP) is 2.51. The number of aromatic amines is 1.